The molecule has 0 saturated heterocycles. The molecule has 2 rings (SSSR count). The summed E-state index contributed by atoms with van der Waals surface area (Å²) in [5, 5.41) is 13.9. The second-order valence-corrected chi connectivity index (χ2v) is 8.87. The lowest BCUT2D eigenvalue weighted by molar-refractivity contribution is -0.115. The van der Waals surface area contributed by atoms with Gasteiger partial charge in [0.25, 0.3) is 10.1 Å². The monoisotopic (exact) mass is 524 g/mol. The van der Waals surface area contributed by atoms with Crippen LogP contribution in [0.2, 0.25) is 0 Å². The topological polar surface area (TPSA) is 174 Å². The molecule has 0 aliphatic rings. The Morgan fingerprint density at radius 2 is 1.22 bits per heavy atom. The van der Waals surface area contributed by atoms with Gasteiger partial charge in [-0.05, 0) is 35.4 Å². The quantitative estimate of drug-likeness (QED) is 0.341. The van der Waals surface area contributed by atoms with Crippen molar-refractivity contribution in [1.82, 2.24) is 0 Å². The molecule has 2 amide bonds. The molecule has 2 aromatic rings. The number of aliphatic hydroxyl groups excluding tert-OH is 1. The van der Waals surface area contributed by atoms with Gasteiger partial charge >= 0.3 is 11.9 Å². The van der Waals surface area contributed by atoms with E-state index in [9.17, 15) is 27.6 Å². The van der Waals surface area contributed by atoms with E-state index in [-0.39, 0.29) is 41.8 Å². The highest BCUT2D eigenvalue weighted by Gasteiger charge is 2.15. The van der Waals surface area contributed by atoms with Gasteiger partial charge in [0.15, 0.2) is 0 Å². The van der Waals surface area contributed by atoms with Crippen molar-refractivity contribution in [3.8, 4) is 0 Å². The first-order valence-corrected chi connectivity index (χ1v) is 12.1. The predicted molar refractivity (Wildman–Crippen MR) is 130 cm³/mol. The Morgan fingerprint density at radius 1 is 0.806 bits per heavy atom. The number of carbonyl (C=O) groups excluding carboxylic acids is 4. The summed E-state index contributed by atoms with van der Waals surface area (Å²) in [4.78, 5) is 45.0. The number of aliphatic hydroxyl groups is 1. The Kier molecular flexibility index (Phi) is 11.7. The van der Waals surface area contributed by atoms with Crippen molar-refractivity contribution in [2.24, 2.45) is 0 Å². The first kappa shape index (κ1) is 30.2. The minimum atomic E-state index is -3.57. The summed E-state index contributed by atoms with van der Waals surface area (Å²) in [5.74, 6) is -1.80. The van der Waals surface area contributed by atoms with Crippen LogP contribution in [-0.4, -0.2) is 57.8 Å². The van der Waals surface area contributed by atoms with E-state index >= 15 is 0 Å². The van der Waals surface area contributed by atoms with E-state index in [0.29, 0.717) is 16.8 Å². The molecule has 36 heavy (non-hydrogen) atoms. The third kappa shape index (κ3) is 10.2. The van der Waals surface area contributed by atoms with Crippen LogP contribution in [0.15, 0.2) is 36.4 Å². The highest BCUT2D eigenvalue weighted by Crippen LogP contribution is 2.20. The summed E-state index contributed by atoms with van der Waals surface area (Å²) < 4.78 is 35.7. The van der Waals surface area contributed by atoms with E-state index in [2.05, 4.69) is 24.3 Å². The minimum absolute atomic E-state index is 0.159. The normalized spacial score (nSPS) is 10.4. The van der Waals surface area contributed by atoms with Crippen molar-refractivity contribution in [2.75, 3.05) is 31.1 Å². The highest BCUT2D eigenvalue weighted by atomic mass is 32.2. The van der Waals surface area contributed by atoms with Crippen LogP contribution in [0.25, 0.3) is 0 Å². The summed E-state index contributed by atoms with van der Waals surface area (Å²) >= 11 is 0. The Labute approximate surface area is 208 Å². The summed E-state index contributed by atoms with van der Waals surface area (Å²) in [7, 11) is -1.08. The zero-order chi connectivity index (χ0) is 27.5. The van der Waals surface area contributed by atoms with Gasteiger partial charge in [0.1, 0.15) is 0 Å². The molecule has 2 aromatic carbocycles. The molecule has 13 heteroatoms. The SMILES string of the molecule is COC(=O)c1ccc(CO)cc1NC(C)=O.COC(=O)c1ccc(COS(C)(=O)=O)cc1NC(C)=O. The number of rotatable bonds is 8. The molecule has 0 atom stereocenters. The van der Waals surface area contributed by atoms with E-state index in [1.54, 1.807) is 6.07 Å². The van der Waals surface area contributed by atoms with Crippen molar-refractivity contribution in [2.45, 2.75) is 27.1 Å². The number of benzene rings is 2. The molecule has 3 N–H and O–H groups in total. The molecule has 196 valence electrons. The van der Waals surface area contributed by atoms with Gasteiger partial charge in [0.05, 0.1) is 56.2 Å². The van der Waals surface area contributed by atoms with E-state index in [1.165, 1.54) is 58.4 Å². The number of ether oxygens (including phenoxy) is 2. The van der Waals surface area contributed by atoms with Gasteiger partial charge in [-0.25, -0.2) is 9.59 Å². The van der Waals surface area contributed by atoms with Gasteiger partial charge in [-0.1, -0.05) is 12.1 Å². The molecular weight excluding hydrogens is 496 g/mol. The number of carbonyl (C=O) groups is 4. The van der Waals surface area contributed by atoms with Crippen LogP contribution in [0.3, 0.4) is 0 Å². The average Bonchev–Trinajstić information content (AvgIpc) is 2.81. The third-order valence-electron chi connectivity index (χ3n) is 4.22. The molecule has 0 heterocycles. The molecule has 0 aromatic heterocycles. The van der Waals surface area contributed by atoms with Crippen molar-refractivity contribution < 1.29 is 46.4 Å². The van der Waals surface area contributed by atoms with Crippen molar-refractivity contribution >= 4 is 45.2 Å². The summed E-state index contributed by atoms with van der Waals surface area (Å²) in [6.07, 6.45) is 0.935. The Morgan fingerprint density at radius 3 is 1.58 bits per heavy atom. The van der Waals surface area contributed by atoms with Crippen molar-refractivity contribution in [3.63, 3.8) is 0 Å². The van der Waals surface area contributed by atoms with Crippen LogP contribution in [0.4, 0.5) is 11.4 Å². The van der Waals surface area contributed by atoms with Gasteiger partial charge in [-0.15, -0.1) is 0 Å². The molecule has 0 saturated carbocycles. The molecule has 0 unspecified atom stereocenters. The summed E-state index contributed by atoms with van der Waals surface area (Å²) in [6.45, 7) is 2.29. The van der Waals surface area contributed by atoms with Crippen LogP contribution in [0, 0.1) is 0 Å². The first-order chi connectivity index (χ1) is 16.8. The lowest BCUT2D eigenvalue weighted by atomic mass is 10.1. The van der Waals surface area contributed by atoms with Crippen LogP contribution >= 0.6 is 0 Å². The maximum absolute atomic E-state index is 11.5. The lowest BCUT2D eigenvalue weighted by Crippen LogP contribution is -2.13. The van der Waals surface area contributed by atoms with Crippen LogP contribution in [0.1, 0.15) is 45.7 Å². The first-order valence-electron chi connectivity index (χ1n) is 10.2. The highest BCUT2D eigenvalue weighted by molar-refractivity contribution is 7.85. The van der Waals surface area contributed by atoms with Crippen LogP contribution < -0.4 is 10.6 Å². The zero-order valence-corrected chi connectivity index (χ0v) is 21.2. The van der Waals surface area contributed by atoms with E-state index < -0.39 is 22.1 Å². The van der Waals surface area contributed by atoms with Crippen molar-refractivity contribution in [3.05, 3.63) is 58.7 Å². The molecule has 0 fully saturated rings. The number of anilines is 2. The molecule has 0 radical (unpaired) electrons. The van der Waals surface area contributed by atoms with Gasteiger partial charge in [0, 0.05) is 13.8 Å². The number of nitrogens with one attached hydrogen (secondary N) is 2. The molecular formula is C23H28N2O10S. The second kappa shape index (κ2) is 13.9. The Bertz CT molecular complexity index is 1230. The predicted octanol–water partition coefficient (Wildman–Crippen LogP) is 1.83. The average molecular weight is 525 g/mol. The fourth-order valence-electron chi connectivity index (χ4n) is 2.71. The number of hydrogen-bond acceptors (Lipinski definition) is 10. The Balaban J connectivity index is 0.000000369. The summed E-state index contributed by atoms with van der Waals surface area (Å²) in [6, 6.07) is 9.04. The smallest absolute Gasteiger partial charge is 0.339 e. The summed E-state index contributed by atoms with van der Waals surface area (Å²) in [5.41, 5.74) is 2.11. The molecule has 0 aliphatic carbocycles. The van der Waals surface area contributed by atoms with E-state index in [0.717, 1.165) is 6.26 Å². The fraction of sp³-hybridized carbons (Fsp3) is 0.304. The number of amides is 2. The maximum atomic E-state index is 11.5. The minimum Gasteiger partial charge on any atom is -0.465 e. The van der Waals surface area contributed by atoms with Gasteiger partial charge < -0.3 is 25.2 Å². The zero-order valence-electron chi connectivity index (χ0n) is 20.4. The van der Waals surface area contributed by atoms with E-state index in [1.807, 2.05) is 0 Å². The maximum Gasteiger partial charge on any atom is 0.339 e. The van der Waals surface area contributed by atoms with Gasteiger partial charge in [0.2, 0.25) is 11.8 Å². The molecule has 0 bridgehead atoms. The van der Waals surface area contributed by atoms with Crippen LogP contribution in [-0.2, 0) is 46.6 Å². The Hall–Kier alpha value is -3.81. The van der Waals surface area contributed by atoms with Gasteiger partial charge in [-0.2, -0.15) is 8.42 Å². The molecule has 0 aliphatic heterocycles. The molecule has 0 spiro atoms. The van der Waals surface area contributed by atoms with Gasteiger partial charge in [-0.3, -0.25) is 13.8 Å². The molecule has 12 nitrogen and oxygen atoms in total. The third-order valence-corrected chi connectivity index (χ3v) is 4.77. The largest absolute Gasteiger partial charge is 0.465 e. The number of esters is 2. The van der Waals surface area contributed by atoms with Crippen LogP contribution in [0.5, 0.6) is 0 Å². The second-order valence-electron chi connectivity index (χ2n) is 7.23. The van der Waals surface area contributed by atoms with Crippen molar-refractivity contribution in [1.29, 1.82) is 0 Å². The lowest BCUT2D eigenvalue weighted by Gasteiger charge is -2.10. The number of hydrogen-bond donors (Lipinski definition) is 3. The standard InChI is InChI=1S/C12H15NO6S.C11H13NO4/c1-8(14)13-11-6-9(7-19-20(3,16)17)4-5-10(11)12(15)18-2;1-7(14)12-10-5-8(6-13)3-4-9(10)11(15)16-2/h4-6H,7H2,1-3H3,(H,13,14);3-5,13H,6H2,1-2H3,(H,12,14). The fourth-order valence-corrected chi connectivity index (χ4v) is 3.06. The number of methoxy groups -OCH3 is 2. The van der Waals surface area contributed by atoms with E-state index in [4.69, 9.17) is 5.11 Å².